The van der Waals surface area contributed by atoms with E-state index in [2.05, 4.69) is 27.6 Å². The Hall–Kier alpha value is -3.93. The van der Waals surface area contributed by atoms with Crippen LogP contribution in [0.5, 0.6) is 0 Å². The van der Waals surface area contributed by atoms with Crippen molar-refractivity contribution in [3.63, 3.8) is 0 Å². The number of rotatable bonds is 9. The van der Waals surface area contributed by atoms with Gasteiger partial charge in [0.15, 0.2) is 18.7 Å². The van der Waals surface area contributed by atoms with Crippen molar-refractivity contribution in [1.29, 1.82) is 0 Å². The SMILES string of the molecule is O=c1ccn([C@@H]2O[C@H](CO)C=C2S)c(=O)[nH]1.O=c1ccn([C@@H]2O[C@H](CO)C=C2SSC2=C[C@H](n3ccc(=O)[nH]c3=O)O[C@@H]2CO)c(=O)[nH]1. The summed E-state index contributed by atoms with van der Waals surface area (Å²) in [6, 6.07) is 3.60. The third kappa shape index (κ3) is 8.02. The Balaban J connectivity index is 0.000000236. The predicted molar refractivity (Wildman–Crippen MR) is 175 cm³/mol. The predicted octanol–water partition coefficient (Wildman–Crippen LogP) is -1.74. The van der Waals surface area contributed by atoms with Crippen LogP contribution in [-0.2, 0) is 14.2 Å². The number of aliphatic hydroxyl groups is 3. The van der Waals surface area contributed by atoms with E-state index < -0.39 is 70.7 Å². The monoisotopic (exact) mass is 724 g/mol. The lowest BCUT2D eigenvalue weighted by atomic mass is 10.3. The standard InChI is InChI=1S/C18H18N4O8S2.C9H10N2O4S/c23-7-9-5-12(16(29-9)22-4-2-14(26)20-18(22)28)32-31-11-6-15(30-10(11)8-24)21-3-1-13(25)19-17(21)27;12-4-5-3-6(16)8(15-5)11-2-1-7(13)10-9(11)14/h1-6,9-10,15-16,23-24H,7-8H2,(H,19,25,27)(H,20,26,28);1-3,5,8,12,16H,4H2,(H,10,13,14)/t9-,10+,15+,16+;5-,8+/m00/s1. The molecule has 0 saturated heterocycles. The van der Waals surface area contributed by atoms with Crippen LogP contribution in [0.2, 0.25) is 0 Å². The van der Waals surface area contributed by atoms with Crippen LogP contribution in [0.25, 0.3) is 0 Å². The smallest absolute Gasteiger partial charge is 0.330 e. The summed E-state index contributed by atoms with van der Waals surface area (Å²) in [5.41, 5.74) is -3.43. The molecule has 48 heavy (non-hydrogen) atoms. The van der Waals surface area contributed by atoms with Crippen molar-refractivity contribution in [2.24, 2.45) is 0 Å². The van der Waals surface area contributed by atoms with Crippen molar-refractivity contribution in [1.82, 2.24) is 28.7 Å². The molecule has 3 aliphatic heterocycles. The maximum Gasteiger partial charge on any atom is 0.330 e. The van der Waals surface area contributed by atoms with Gasteiger partial charge in [-0.1, -0.05) is 21.6 Å². The number of ether oxygens (including phenoxy) is 3. The van der Waals surface area contributed by atoms with Crippen molar-refractivity contribution in [3.05, 3.63) is 132 Å². The maximum atomic E-state index is 12.2. The molecular formula is C27H28N6O12S3. The number of aliphatic hydroxyl groups excluding tert-OH is 3. The highest BCUT2D eigenvalue weighted by Crippen LogP contribution is 2.48. The number of H-pyrrole nitrogens is 3. The number of nitrogens with one attached hydrogen (secondary N) is 3. The maximum absolute atomic E-state index is 12.2. The van der Waals surface area contributed by atoms with Crippen LogP contribution in [0, 0.1) is 0 Å². The van der Waals surface area contributed by atoms with Gasteiger partial charge in [0.2, 0.25) is 0 Å². The first kappa shape index (κ1) is 35.4. The Bertz CT molecular complexity index is 2100. The summed E-state index contributed by atoms with van der Waals surface area (Å²) in [6.45, 7) is -0.824. The lowest BCUT2D eigenvalue weighted by Crippen LogP contribution is -2.32. The van der Waals surface area contributed by atoms with Gasteiger partial charge in [0.25, 0.3) is 16.7 Å². The molecule has 0 aromatic carbocycles. The van der Waals surface area contributed by atoms with Gasteiger partial charge in [-0.2, -0.15) is 0 Å². The van der Waals surface area contributed by atoms with Gasteiger partial charge in [0, 0.05) is 51.5 Å². The van der Waals surface area contributed by atoms with E-state index in [1.165, 1.54) is 72.1 Å². The Kier molecular flexibility index (Phi) is 11.4. The van der Waals surface area contributed by atoms with Gasteiger partial charge in [0.1, 0.15) is 18.3 Å². The molecule has 6 rings (SSSR count). The highest BCUT2D eigenvalue weighted by atomic mass is 33.1. The van der Waals surface area contributed by atoms with Crippen molar-refractivity contribution >= 4 is 34.2 Å². The fraction of sp³-hybridized carbons (Fsp3) is 0.333. The first-order valence-electron chi connectivity index (χ1n) is 13.9. The zero-order chi connectivity index (χ0) is 34.5. The average molecular weight is 725 g/mol. The van der Waals surface area contributed by atoms with E-state index >= 15 is 0 Å². The molecule has 3 aliphatic rings. The molecule has 0 saturated carbocycles. The molecule has 6 N–H and O–H groups in total. The molecule has 256 valence electrons. The molecule has 6 heterocycles. The molecule has 0 bridgehead atoms. The van der Waals surface area contributed by atoms with Crippen LogP contribution in [-0.4, -0.2) is 82.1 Å². The van der Waals surface area contributed by atoms with Gasteiger partial charge in [-0.25, -0.2) is 14.4 Å². The van der Waals surface area contributed by atoms with E-state index in [1.54, 1.807) is 18.2 Å². The summed E-state index contributed by atoms with van der Waals surface area (Å²) >= 11 is 4.16. The third-order valence-electron chi connectivity index (χ3n) is 6.83. The third-order valence-corrected chi connectivity index (χ3v) is 9.81. The zero-order valence-electron chi connectivity index (χ0n) is 24.4. The first-order valence-corrected chi connectivity index (χ1v) is 16.5. The van der Waals surface area contributed by atoms with Gasteiger partial charge in [-0.15, -0.1) is 12.6 Å². The van der Waals surface area contributed by atoms with Crippen molar-refractivity contribution in [2.45, 2.75) is 37.0 Å². The van der Waals surface area contributed by atoms with E-state index in [-0.39, 0.29) is 19.8 Å². The highest BCUT2D eigenvalue weighted by Gasteiger charge is 2.33. The normalized spacial score (nSPS) is 24.9. The second-order valence-electron chi connectivity index (χ2n) is 10.1. The van der Waals surface area contributed by atoms with Crippen LogP contribution in [0.1, 0.15) is 18.7 Å². The van der Waals surface area contributed by atoms with Gasteiger partial charge in [0.05, 0.1) is 19.8 Å². The van der Waals surface area contributed by atoms with E-state index in [0.29, 0.717) is 14.7 Å². The second-order valence-corrected chi connectivity index (χ2v) is 12.9. The molecule has 21 heteroatoms. The number of aromatic amines is 3. The fourth-order valence-corrected chi connectivity index (χ4v) is 7.48. The molecule has 6 atom stereocenters. The van der Waals surface area contributed by atoms with Crippen LogP contribution < -0.4 is 33.7 Å². The number of thiol groups is 1. The van der Waals surface area contributed by atoms with E-state index in [0.717, 1.165) is 0 Å². The van der Waals surface area contributed by atoms with E-state index in [4.69, 9.17) is 19.3 Å². The minimum Gasteiger partial charge on any atom is -0.393 e. The largest absolute Gasteiger partial charge is 0.393 e. The minimum atomic E-state index is -0.859. The summed E-state index contributed by atoms with van der Waals surface area (Å²) in [7, 11) is 2.45. The lowest BCUT2D eigenvalue weighted by molar-refractivity contribution is -0.0117. The topological polar surface area (TPSA) is 253 Å². The molecule has 0 amide bonds. The lowest BCUT2D eigenvalue weighted by Gasteiger charge is -2.18. The van der Waals surface area contributed by atoms with E-state index in [1.807, 2.05) is 0 Å². The Morgan fingerprint density at radius 3 is 1.60 bits per heavy atom. The molecule has 3 aromatic heterocycles. The summed E-state index contributed by atoms with van der Waals surface area (Å²) in [4.78, 5) is 77.3. The van der Waals surface area contributed by atoms with Crippen LogP contribution in [0.3, 0.4) is 0 Å². The van der Waals surface area contributed by atoms with Crippen molar-refractivity contribution in [3.8, 4) is 0 Å². The van der Waals surface area contributed by atoms with Gasteiger partial charge >= 0.3 is 17.1 Å². The summed E-state index contributed by atoms with van der Waals surface area (Å²) in [6.07, 6.45) is 4.65. The molecule has 0 unspecified atom stereocenters. The van der Waals surface area contributed by atoms with Crippen LogP contribution >= 0.6 is 34.2 Å². The molecule has 3 aromatic rings. The Labute approximate surface area is 280 Å². The summed E-state index contributed by atoms with van der Waals surface area (Å²) < 4.78 is 20.3. The molecule has 0 spiro atoms. The Morgan fingerprint density at radius 1 is 0.625 bits per heavy atom. The summed E-state index contributed by atoms with van der Waals surface area (Å²) in [5.74, 6) is 0. The van der Waals surface area contributed by atoms with Gasteiger partial charge < -0.3 is 29.5 Å². The number of hydrogen-bond donors (Lipinski definition) is 7. The molecule has 0 fully saturated rings. The van der Waals surface area contributed by atoms with Gasteiger partial charge in [-0.3, -0.25) is 43.0 Å². The van der Waals surface area contributed by atoms with Crippen molar-refractivity contribution < 1.29 is 29.5 Å². The van der Waals surface area contributed by atoms with E-state index in [9.17, 15) is 39.0 Å². The quantitative estimate of drug-likeness (QED) is 0.0956. The number of hydrogen-bond acceptors (Lipinski definition) is 15. The highest BCUT2D eigenvalue weighted by molar-refractivity contribution is 8.79. The fourth-order valence-electron chi connectivity index (χ4n) is 4.59. The molecule has 0 aliphatic carbocycles. The zero-order valence-corrected chi connectivity index (χ0v) is 26.9. The van der Waals surface area contributed by atoms with Crippen molar-refractivity contribution in [2.75, 3.05) is 19.8 Å². The first-order chi connectivity index (χ1) is 23.0. The van der Waals surface area contributed by atoms with Gasteiger partial charge in [-0.05, 0) is 18.2 Å². The molecule has 0 radical (unpaired) electrons. The average Bonchev–Trinajstić information content (AvgIpc) is 3.76. The Morgan fingerprint density at radius 2 is 1.10 bits per heavy atom. The molecular weight excluding hydrogens is 697 g/mol. The molecule has 18 nitrogen and oxygen atoms in total. The van der Waals surface area contributed by atoms with Crippen LogP contribution in [0.15, 0.2) is 98.5 Å². The minimum absolute atomic E-state index is 0.182. The number of aromatic nitrogens is 6. The second kappa shape index (κ2) is 15.5. The summed E-state index contributed by atoms with van der Waals surface area (Å²) in [5, 5.41) is 28.1. The van der Waals surface area contributed by atoms with Crippen LogP contribution in [0.4, 0.5) is 0 Å². The number of nitrogens with zero attached hydrogens (tertiary/aromatic N) is 3.